The van der Waals surface area contributed by atoms with Gasteiger partial charge in [-0.2, -0.15) is 0 Å². The van der Waals surface area contributed by atoms with Crippen LogP contribution in [0.5, 0.6) is 0 Å². The number of hydrogen-bond donors (Lipinski definition) is 3. The van der Waals surface area contributed by atoms with E-state index in [1.54, 1.807) is 6.92 Å². The minimum atomic E-state index is -1.01. The number of rotatable bonds is 7. The molecule has 0 aliphatic heterocycles. The molecule has 1 aromatic carbocycles. The van der Waals surface area contributed by atoms with Crippen molar-refractivity contribution in [3.05, 3.63) is 35.9 Å². The van der Waals surface area contributed by atoms with Crippen molar-refractivity contribution < 1.29 is 19.7 Å². The lowest BCUT2D eigenvalue weighted by Crippen LogP contribution is -2.52. The summed E-state index contributed by atoms with van der Waals surface area (Å²) in [5.74, 6) is -0.364. The van der Waals surface area contributed by atoms with Gasteiger partial charge in [-0.3, -0.25) is 4.79 Å². The van der Waals surface area contributed by atoms with Crippen molar-refractivity contribution in [1.29, 1.82) is 0 Å². The van der Waals surface area contributed by atoms with Gasteiger partial charge in [0.1, 0.15) is 6.61 Å². The zero-order valence-corrected chi connectivity index (χ0v) is 10.4. The third kappa shape index (κ3) is 4.83. The van der Waals surface area contributed by atoms with Gasteiger partial charge in [0.05, 0.1) is 25.4 Å². The third-order valence-corrected chi connectivity index (χ3v) is 2.48. The van der Waals surface area contributed by atoms with E-state index in [1.807, 2.05) is 30.3 Å². The highest BCUT2D eigenvalue weighted by atomic mass is 16.5. The first kappa shape index (κ1) is 14.6. The second-order valence-electron chi connectivity index (χ2n) is 4.40. The molecule has 100 valence electrons. The van der Waals surface area contributed by atoms with Crippen molar-refractivity contribution in [2.75, 3.05) is 19.8 Å². The number of ether oxygens (including phenoxy) is 1. The lowest BCUT2D eigenvalue weighted by Gasteiger charge is -2.26. The summed E-state index contributed by atoms with van der Waals surface area (Å²) in [5.41, 5.74) is -0.0231. The van der Waals surface area contributed by atoms with Crippen LogP contribution in [0.2, 0.25) is 0 Å². The average Bonchev–Trinajstić information content (AvgIpc) is 2.40. The van der Waals surface area contributed by atoms with Gasteiger partial charge in [0.25, 0.3) is 0 Å². The van der Waals surface area contributed by atoms with E-state index < -0.39 is 5.54 Å². The van der Waals surface area contributed by atoms with Gasteiger partial charge in [0.15, 0.2) is 0 Å². The van der Waals surface area contributed by atoms with E-state index in [4.69, 9.17) is 14.9 Å². The van der Waals surface area contributed by atoms with Crippen molar-refractivity contribution in [3.63, 3.8) is 0 Å². The number of benzene rings is 1. The smallest absolute Gasteiger partial charge is 0.246 e. The maximum atomic E-state index is 11.5. The van der Waals surface area contributed by atoms with Gasteiger partial charge in [0, 0.05) is 0 Å². The van der Waals surface area contributed by atoms with Crippen LogP contribution in [0, 0.1) is 0 Å². The van der Waals surface area contributed by atoms with E-state index in [-0.39, 0.29) is 25.7 Å². The van der Waals surface area contributed by atoms with Crippen LogP contribution >= 0.6 is 0 Å². The molecule has 18 heavy (non-hydrogen) atoms. The number of carbonyl (C=O) groups excluding carboxylic acids is 1. The number of aliphatic hydroxyl groups is 2. The number of hydrogen-bond acceptors (Lipinski definition) is 4. The Kier molecular flexibility index (Phi) is 5.77. The maximum Gasteiger partial charge on any atom is 0.246 e. The first-order chi connectivity index (χ1) is 8.59. The monoisotopic (exact) mass is 253 g/mol. The molecule has 0 aliphatic carbocycles. The van der Waals surface area contributed by atoms with Crippen LogP contribution in [0.15, 0.2) is 30.3 Å². The Balaban J connectivity index is 2.30. The Labute approximate surface area is 106 Å². The summed E-state index contributed by atoms with van der Waals surface area (Å²) < 4.78 is 5.24. The number of nitrogens with one attached hydrogen (secondary N) is 1. The fourth-order valence-corrected chi connectivity index (χ4v) is 1.34. The Morgan fingerprint density at radius 3 is 2.44 bits per heavy atom. The standard InChI is InChI=1S/C13H19NO4/c1-13(9-15,10-16)14-12(17)8-18-7-11-5-3-2-4-6-11/h2-6,15-16H,7-10H2,1H3,(H,14,17). The van der Waals surface area contributed by atoms with Crippen molar-refractivity contribution >= 4 is 5.91 Å². The van der Waals surface area contributed by atoms with Gasteiger partial charge in [-0.1, -0.05) is 30.3 Å². The van der Waals surface area contributed by atoms with Gasteiger partial charge in [-0.15, -0.1) is 0 Å². The molecule has 5 heteroatoms. The predicted octanol–water partition coefficient (Wildman–Crippen LogP) is 0.0627. The Morgan fingerprint density at radius 2 is 1.89 bits per heavy atom. The van der Waals surface area contributed by atoms with Crippen LogP contribution < -0.4 is 5.32 Å². The first-order valence-electron chi connectivity index (χ1n) is 5.74. The molecule has 0 heterocycles. The van der Waals surface area contributed by atoms with Crippen molar-refractivity contribution in [1.82, 2.24) is 5.32 Å². The molecule has 0 atom stereocenters. The molecule has 0 aromatic heterocycles. The van der Waals surface area contributed by atoms with Gasteiger partial charge in [-0.25, -0.2) is 0 Å². The van der Waals surface area contributed by atoms with Crippen LogP contribution in [-0.4, -0.2) is 41.5 Å². The van der Waals surface area contributed by atoms with Gasteiger partial charge in [-0.05, 0) is 12.5 Å². The van der Waals surface area contributed by atoms with Crippen LogP contribution in [-0.2, 0) is 16.1 Å². The molecule has 0 saturated carbocycles. The van der Waals surface area contributed by atoms with Gasteiger partial charge < -0.3 is 20.3 Å². The quantitative estimate of drug-likeness (QED) is 0.642. The minimum absolute atomic E-state index is 0.107. The minimum Gasteiger partial charge on any atom is -0.394 e. The number of amides is 1. The SMILES string of the molecule is CC(CO)(CO)NC(=O)COCc1ccccc1. The molecule has 5 nitrogen and oxygen atoms in total. The summed E-state index contributed by atoms with van der Waals surface area (Å²) in [4.78, 5) is 11.5. The van der Waals surface area contributed by atoms with E-state index in [1.165, 1.54) is 0 Å². The van der Waals surface area contributed by atoms with Crippen LogP contribution in [0.4, 0.5) is 0 Å². The molecule has 3 N–H and O–H groups in total. The zero-order chi connectivity index (χ0) is 13.4. The Hall–Kier alpha value is -1.43. The number of carbonyl (C=O) groups is 1. The largest absolute Gasteiger partial charge is 0.394 e. The summed E-state index contributed by atoms with van der Waals surface area (Å²) in [7, 11) is 0. The molecule has 0 unspecified atom stereocenters. The Morgan fingerprint density at radius 1 is 1.28 bits per heavy atom. The van der Waals surface area contributed by atoms with Crippen LogP contribution in [0.3, 0.4) is 0 Å². The molecule has 1 rings (SSSR count). The zero-order valence-electron chi connectivity index (χ0n) is 10.4. The van der Waals surface area contributed by atoms with Crippen molar-refractivity contribution in [3.8, 4) is 0 Å². The molecule has 1 aromatic rings. The molecule has 1 amide bonds. The van der Waals surface area contributed by atoms with E-state index in [0.29, 0.717) is 6.61 Å². The predicted molar refractivity (Wildman–Crippen MR) is 66.8 cm³/mol. The van der Waals surface area contributed by atoms with E-state index >= 15 is 0 Å². The van der Waals surface area contributed by atoms with Crippen LogP contribution in [0.25, 0.3) is 0 Å². The summed E-state index contributed by atoms with van der Waals surface area (Å²) in [6.45, 7) is 1.15. The van der Waals surface area contributed by atoms with E-state index in [2.05, 4.69) is 5.32 Å². The summed E-state index contributed by atoms with van der Waals surface area (Å²) in [5, 5.41) is 20.6. The Bertz CT molecular complexity index is 363. The van der Waals surface area contributed by atoms with Crippen LogP contribution in [0.1, 0.15) is 12.5 Å². The van der Waals surface area contributed by atoms with E-state index in [9.17, 15) is 4.79 Å². The molecule has 0 radical (unpaired) electrons. The molecule has 0 fully saturated rings. The molecular formula is C13H19NO4. The molecule has 0 bridgehead atoms. The van der Waals surface area contributed by atoms with Gasteiger partial charge in [0.2, 0.25) is 5.91 Å². The lowest BCUT2D eigenvalue weighted by molar-refractivity contribution is -0.129. The first-order valence-corrected chi connectivity index (χ1v) is 5.74. The van der Waals surface area contributed by atoms with E-state index in [0.717, 1.165) is 5.56 Å². The third-order valence-electron chi connectivity index (χ3n) is 2.48. The average molecular weight is 253 g/mol. The molecule has 0 saturated heterocycles. The summed E-state index contributed by atoms with van der Waals surface area (Å²) in [6, 6.07) is 9.51. The molecule has 0 spiro atoms. The van der Waals surface area contributed by atoms with Crippen molar-refractivity contribution in [2.45, 2.75) is 19.1 Å². The lowest BCUT2D eigenvalue weighted by atomic mass is 10.1. The topological polar surface area (TPSA) is 78.8 Å². The molecular weight excluding hydrogens is 234 g/mol. The van der Waals surface area contributed by atoms with Crippen molar-refractivity contribution in [2.24, 2.45) is 0 Å². The highest BCUT2D eigenvalue weighted by Gasteiger charge is 2.24. The molecule has 0 aliphatic rings. The highest BCUT2D eigenvalue weighted by molar-refractivity contribution is 5.78. The fraction of sp³-hybridized carbons (Fsp3) is 0.462. The highest BCUT2D eigenvalue weighted by Crippen LogP contribution is 2.02. The summed E-state index contributed by atoms with van der Waals surface area (Å²) in [6.07, 6.45) is 0. The second kappa shape index (κ2) is 7.10. The number of aliphatic hydroxyl groups excluding tert-OH is 2. The normalized spacial score (nSPS) is 11.3. The van der Waals surface area contributed by atoms with Gasteiger partial charge >= 0.3 is 0 Å². The fourth-order valence-electron chi connectivity index (χ4n) is 1.34. The summed E-state index contributed by atoms with van der Waals surface area (Å²) >= 11 is 0. The maximum absolute atomic E-state index is 11.5. The second-order valence-corrected chi connectivity index (χ2v) is 4.40.